The first-order valence-electron chi connectivity index (χ1n) is 7.74. The number of carbonyl (C=O) groups is 2. The van der Waals surface area contributed by atoms with Crippen LogP contribution in [0.15, 0.2) is 29.2 Å². The highest BCUT2D eigenvalue weighted by Crippen LogP contribution is 2.27. The summed E-state index contributed by atoms with van der Waals surface area (Å²) in [5.74, 6) is -1.43. The molecule has 1 N–H and O–H groups in total. The lowest BCUT2D eigenvalue weighted by Crippen LogP contribution is -2.41. The molecule has 9 nitrogen and oxygen atoms in total. The lowest BCUT2D eigenvalue weighted by atomic mass is 10.1. The monoisotopic (exact) mass is 388 g/mol. The van der Waals surface area contributed by atoms with Gasteiger partial charge >= 0.3 is 11.9 Å². The Morgan fingerprint density at radius 3 is 2.15 bits per heavy atom. The Bertz CT molecular complexity index is 756. The molecule has 0 saturated carbocycles. The lowest BCUT2D eigenvalue weighted by Gasteiger charge is -2.22. The molecular formula is C16H20O9S. The summed E-state index contributed by atoms with van der Waals surface area (Å²) in [6.07, 6.45) is -5.22. The van der Waals surface area contributed by atoms with E-state index in [1.165, 1.54) is 12.1 Å². The smallest absolute Gasteiger partial charge is 0.303 e. The van der Waals surface area contributed by atoms with Crippen molar-refractivity contribution in [3.63, 3.8) is 0 Å². The Balaban J connectivity index is 2.12. The molecule has 0 radical (unpaired) electrons. The van der Waals surface area contributed by atoms with E-state index in [0.29, 0.717) is 0 Å². The van der Waals surface area contributed by atoms with E-state index < -0.39 is 53.3 Å². The fraction of sp³-hybridized carbons (Fsp3) is 0.500. The summed E-state index contributed by atoms with van der Waals surface area (Å²) < 4.78 is 44.5. The van der Waals surface area contributed by atoms with E-state index in [2.05, 4.69) is 0 Å². The van der Waals surface area contributed by atoms with Gasteiger partial charge in [-0.15, -0.1) is 0 Å². The topological polar surface area (TPSA) is 125 Å². The molecule has 26 heavy (non-hydrogen) atoms. The molecule has 4 atom stereocenters. The molecule has 0 aromatic heterocycles. The van der Waals surface area contributed by atoms with Crippen molar-refractivity contribution in [2.24, 2.45) is 0 Å². The summed E-state index contributed by atoms with van der Waals surface area (Å²) in [5, 5.41) is 9.87. The molecule has 1 aliphatic rings. The Kier molecular flexibility index (Phi) is 6.34. The second kappa shape index (κ2) is 8.12. The molecule has 1 unspecified atom stereocenters. The van der Waals surface area contributed by atoms with Gasteiger partial charge in [-0.3, -0.25) is 13.8 Å². The third-order valence-corrected chi connectivity index (χ3v) is 4.88. The highest BCUT2D eigenvalue weighted by atomic mass is 32.2. The summed E-state index contributed by atoms with van der Waals surface area (Å²) in [4.78, 5) is 22.4. The molecule has 2 rings (SSSR count). The first-order valence-corrected chi connectivity index (χ1v) is 9.15. The Morgan fingerprint density at radius 1 is 1.08 bits per heavy atom. The van der Waals surface area contributed by atoms with Crippen LogP contribution in [-0.4, -0.2) is 56.7 Å². The fourth-order valence-corrected chi connectivity index (χ4v) is 3.34. The van der Waals surface area contributed by atoms with Crippen LogP contribution in [0.1, 0.15) is 19.4 Å². The largest absolute Gasteiger partial charge is 0.455 e. The molecule has 1 aromatic carbocycles. The second-order valence-corrected chi connectivity index (χ2v) is 7.38. The van der Waals surface area contributed by atoms with Crippen molar-refractivity contribution in [3.05, 3.63) is 29.8 Å². The maximum absolute atomic E-state index is 12.2. The molecule has 1 heterocycles. The van der Waals surface area contributed by atoms with Crippen molar-refractivity contribution in [1.82, 2.24) is 0 Å². The molecule has 0 bridgehead atoms. The number of aryl methyl sites for hydroxylation is 1. The Hall–Kier alpha value is -2.01. The third kappa shape index (κ3) is 5.01. The fourth-order valence-electron chi connectivity index (χ4n) is 2.42. The number of ether oxygens (including phenoxy) is 3. The predicted octanol–water partition coefficient (Wildman–Crippen LogP) is 0.281. The second-order valence-electron chi connectivity index (χ2n) is 5.76. The van der Waals surface area contributed by atoms with Crippen molar-refractivity contribution < 1.29 is 41.5 Å². The molecule has 1 aliphatic heterocycles. The van der Waals surface area contributed by atoms with Crippen LogP contribution in [0.2, 0.25) is 0 Å². The van der Waals surface area contributed by atoms with E-state index in [0.717, 1.165) is 19.4 Å². The number of rotatable bonds is 6. The number of hydrogen-bond acceptors (Lipinski definition) is 9. The van der Waals surface area contributed by atoms with Gasteiger partial charge in [0.1, 0.15) is 6.10 Å². The minimum absolute atomic E-state index is 0.0535. The van der Waals surface area contributed by atoms with Gasteiger partial charge in [-0.1, -0.05) is 17.7 Å². The van der Waals surface area contributed by atoms with Gasteiger partial charge < -0.3 is 19.3 Å². The highest BCUT2D eigenvalue weighted by Gasteiger charge is 2.49. The van der Waals surface area contributed by atoms with Crippen LogP contribution in [0, 0.1) is 6.92 Å². The lowest BCUT2D eigenvalue weighted by molar-refractivity contribution is -0.174. The van der Waals surface area contributed by atoms with Gasteiger partial charge in [0.2, 0.25) is 0 Å². The predicted molar refractivity (Wildman–Crippen MR) is 86.3 cm³/mol. The zero-order valence-corrected chi connectivity index (χ0v) is 15.3. The summed E-state index contributed by atoms with van der Waals surface area (Å²) in [5.41, 5.74) is 0.880. The Labute approximate surface area is 150 Å². The zero-order chi connectivity index (χ0) is 19.5. The van der Waals surface area contributed by atoms with Gasteiger partial charge in [-0.25, -0.2) is 0 Å². The van der Waals surface area contributed by atoms with E-state index in [9.17, 15) is 23.1 Å². The normalized spacial score (nSPS) is 25.7. The van der Waals surface area contributed by atoms with Crippen LogP contribution in [0.3, 0.4) is 0 Å². The average molecular weight is 388 g/mol. The number of hydrogen-bond donors (Lipinski definition) is 1. The third-order valence-electron chi connectivity index (χ3n) is 3.59. The first kappa shape index (κ1) is 20.3. The van der Waals surface area contributed by atoms with Crippen molar-refractivity contribution >= 4 is 22.1 Å². The van der Waals surface area contributed by atoms with Gasteiger partial charge in [0.05, 0.1) is 11.5 Å². The highest BCUT2D eigenvalue weighted by molar-refractivity contribution is 7.86. The van der Waals surface area contributed by atoms with E-state index in [-0.39, 0.29) is 4.90 Å². The van der Waals surface area contributed by atoms with E-state index >= 15 is 0 Å². The van der Waals surface area contributed by atoms with Gasteiger partial charge in [-0.2, -0.15) is 8.42 Å². The van der Waals surface area contributed by atoms with E-state index in [1.807, 2.05) is 6.92 Å². The van der Waals surface area contributed by atoms with Crippen molar-refractivity contribution in [2.45, 2.75) is 50.3 Å². The van der Waals surface area contributed by atoms with Crippen LogP contribution in [0.4, 0.5) is 0 Å². The summed E-state index contributed by atoms with van der Waals surface area (Å²) in [7, 11) is -4.08. The summed E-state index contributed by atoms with van der Waals surface area (Å²) >= 11 is 0. The van der Waals surface area contributed by atoms with Gasteiger partial charge in [0.15, 0.2) is 18.5 Å². The molecule has 144 valence electrons. The summed E-state index contributed by atoms with van der Waals surface area (Å²) in [6, 6.07) is 6.01. The van der Waals surface area contributed by atoms with Gasteiger partial charge in [-0.05, 0) is 19.1 Å². The van der Waals surface area contributed by atoms with Gasteiger partial charge in [0, 0.05) is 13.8 Å². The van der Waals surface area contributed by atoms with Crippen molar-refractivity contribution in [1.29, 1.82) is 0 Å². The molecule has 1 aromatic rings. The molecule has 1 fully saturated rings. The maximum Gasteiger partial charge on any atom is 0.303 e. The van der Waals surface area contributed by atoms with E-state index in [1.54, 1.807) is 12.1 Å². The number of aliphatic hydroxyl groups excluding tert-OH is 1. The van der Waals surface area contributed by atoms with Crippen LogP contribution >= 0.6 is 0 Å². The number of benzene rings is 1. The van der Waals surface area contributed by atoms with Crippen LogP contribution in [0.25, 0.3) is 0 Å². The van der Waals surface area contributed by atoms with Crippen LogP contribution < -0.4 is 0 Å². The Morgan fingerprint density at radius 2 is 1.62 bits per heavy atom. The van der Waals surface area contributed by atoms with Crippen LogP contribution in [0.5, 0.6) is 0 Å². The summed E-state index contributed by atoms with van der Waals surface area (Å²) in [6.45, 7) is 3.51. The minimum atomic E-state index is -4.08. The van der Waals surface area contributed by atoms with Gasteiger partial charge in [0.25, 0.3) is 10.1 Å². The SMILES string of the molecule is CC(=O)O[C@H]1[C@H](OC(C)=O)C(O)O[C@@H]1COS(=O)(=O)c1ccc(C)cc1. The zero-order valence-electron chi connectivity index (χ0n) is 14.4. The molecule has 0 amide bonds. The number of carbonyl (C=O) groups excluding carboxylic acids is 2. The maximum atomic E-state index is 12.2. The molecule has 0 spiro atoms. The minimum Gasteiger partial charge on any atom is -0.455 e. The van der Waals surface area contributed by atoms with Crippen molar-refractivity contribution in [2.75, 3.05) is 6.61 Å². The first-order chi connectivity index (χ1) is 12.1. The quantitative estimate of drug-likeness (QED) is 0.540. The van der Waals surface area contributed by atoms with Crippen LogP contribution in [-0.2, 0) is 38.1 Å². The standard InChI is InChI=1S/C16H20O9S/c1-9-4-6-12(7-5-9)26(20,21)22-8-13-14(23-10(2)17)15(16(19)25-13)24-11(3)18/h4-7,13-16,19H,8H2,1-3H3/t13-,14-,15+,16?/m1/s1. The number of aliphatic hydroxyl groups is 1. The molecule has 10 heteroatoms. The van der Waals surface area contributed by atoms with E-state index in [4.69, 9.17) is 18.4 Å². The molecular weight excluding hydrogens is 368 g/mol. The molecule has 0 aliphatic carbocycles. The van der Waals surface area contributed by atoms with Crippen molar-refractivity contribution in [3.8, 4) is 0 Å². The molecule has 1 saturated heterocycles. The average Bonchev–Trinajstić information content (AvgIpc) is 2.81. The number of esters is 2.